The SMILES string of the molecule is C1=NC=NC1.Cl. The van der Waals surface area contributed by atoms with Gasteiger partial charge in [-0.3, -0.25) is 4.99 Å². The van der Waals surface area contributed by atoms with Crippen LogP contribution in [0.1, 0.15) is 0 Å². The molecule has 2 nitrogen and oxygen atoms in total. The van der Waals surface area contributed by atoms with Crippen molar-refractivity contribution in [2.24, 2.45) is 9.98 Å². The predicted molar refractivity (Wildman–Crippen MR) is 29.1 cm³/mol. The zero-order valence-electron chi connectivity index (χ0n) is 3.16. The summed E-state index contributed by atoms with van der Waals surface area (Å²) in [5.74, 6) is 0. The second kappa shape index (κ2) is 2.85. The lowest BCUT2D eigenvalue weighted by atomic mass is 10.8. The molecule has 0 atom stereocenters. The van der Waals surface area contributed by atoms with Gasteiger partial charge in [0.2, 0.25) is 0 Å². The minimum Gasteiger partial charge on any atom is -0.268 e. The monoisotopic (exact) mass is 104 g/mol. The first-order valence-electron chi connectivity index (χ1n) is 1.50. The molecular weight excluding hydrogens is 99.5 g/mol. The molecule has 0 aliphatic carbocycles. The van der Waals surface area contributed by atoms with E-state index in [0.717, 1.165) is 6.54 Å². The van der Waals surface area contributed by atoms with Crippen molar-refractivity contribution in [1.82, 2.24) is 0 Å². The van der Waals surface area contributed by atoms with Gasteiger partial charge in [-0.05, 0) is 0 Å². The van der Waals surface area contributed by atoms with Crippen molar-refractivity contribution < 1.29 is 0 Å². The Bertz CT molecular complexity index is 66.9. The van der Waals surface area contributed by atoms with Crippen LogP contribution in [0, 0.1) is 0 Å². The molecule has 6 heavy (non-hydrogen) atoms. The van der Waals surface area contributed by atoms with E-state index in [-0.39, 0.29) is 12.4 Å². The maximum atomic E-state index is 3.74. The normalized spacial score (nSPS) is 14.7. The summed E-state index contributed by atoms with van der Waals surface area (Å²) >= 11 is 0. The summed E-state index contributed by atoms with van der Waals surface area (Å²) in [6.07, 6.45) is 3.32. The number of rotatable bonds is 0. The van der Waals surface area contributed by atoms with Gasteiger partial charge in [0.25, 0.3) is 0 Å². The lowest BCUT2D eigenvalue weighted by molar-refractivity contribution is 1.38. The van der Waals surface area contributed by atoms with E-state index < -0.39 is 0 Å². The highest BCUT2D eigenvalue weighted by Gasteiger charge is 1.73. The number of hydrogen-bond acceptors (Lipinski definition) is 2. The molecule has 1 heterocycles. The highest BCUT2D eigenvalue weighted by atomic mass is 35.5. The Kier molecular flexibility index (Phi) is 2.67. The molecule has 0 saturated heterocycles. The lowest BCUT2D eigenvalue weighted by Crippen LogP contribution is -1.65. The fourth-order valence-electron chi connectivity index (χ4n) is 0.236. The van der Waals surface area contributed by atoms with Crippen LogP contribution < -0.4 is 0 Å². The van der Waals surface area contributed by atoms with Gasteiger partial charge in [-0.1, -0.05) is 0 Å². The quantitative estimate of drug-likeness (QED) is 0.428. The summed E-state index contributed by atoms with van der Waals surface area (Å²) in [7, 11) is 0. The van der Waals surface area contributed by atoms with E-state index in [2.05, 4.69) is 9.98 Å². The van der Waals surface area contributed by atoms with E-state index in [4.69, 9.17) is 0 Å². The molecule has 0 bridgehead atoms. The highest BCUT2D eigenvalue weighted by Crippen LogP contribution is 1.71. The molecule has 0 N–H and O–H groups in total. The smallest absolute Gasteiger partial charge is 0.109 e. The number of halogens is 1. The van der Waals surface area contributed by atoms with E-state index in [1.54, 1.807) is 12.6 Å². The van der Waals surface area contributed by atoms with Crippen LogP contribution in [0.3, 0.4) is 0 Å². The second-order valence-corrected chi connectivity index (χ2v) is 0.812. The Labute approximate surface area is 42.4 Å². The van der Waals surface area contributed by atoms with E-state index in [1.165, 1.54) is 0 Å². The van der Waals surface area contributed by atoms with Crippen LogP contribution in [-0.2, 0) is 0 Å². The molecule has 0 unspecified atom stereocenters. The maximum Gasteiger partial charge on any atom is 0.109 e. The molecule has 34 valence electrons. The summed E-state index contributed by atoms with van der Waals surface area (Å²) in [6.45, 7) is 0.778. The van der Waals surface area contributed by atoms with Gasteiger partial charge >= 0.3 is 0 Å². The van der Waals surface area contributed by atoms with Crippen LogP contribution in [0.25, 0.3) is 0 Å². The Hall–Kier alpha value is -0.370. The third-order valence-electron chi connectivity index (χ3n) is 0.441. The van der Waals surface area contributed by atoms with Gasteiger partial charge in [-0.15, -0.1) is 12.4 Å². The first-order valence-corrected chi connectivity index (χ1v) is 1.50. The average Bonchev–Trinajstić information content (AvgIpc) is 1.76. The average molecular weight is 105 g/mol. The van der Waals surface area contributed by atoms with Gasteiger partial charge in [0.05, 0.1) is 6.54 Å². The van der Waals surface area contributed by atoms with Gasteiger partial charge < -0.3 is 0 Å². The topological polar surface area (TPSA) is 24.7 Å². The maximum absolute atomic E-state index is 3.74. The molecule has 0 fully saturated rings. The number of aliphatic imine (C=N–C) groups is 2. The highest BCUT2D eigenvalue weighted by molar-refractivity contribution is 5.85. The van der Waals surface area contributed by atoms with Crippen LogP contribution in [0.2, 0.25) is 0 Å². The van der Waals surface area contributed by atoms with Crippen molar-refractivity contribution in [1.29, 1.82) is 0 Å². The van der Waals surface area contributed by atoms with Gasteiger partial charge in [0, 0.05) is 6.21 Å². The zero-order chi connectivity index (χ0) is 3.54. The third kappa shape index (κ3) is 1.17. The standard InChI is InChI=1S/C3H4N2.ClH/c1-2-5-3-4-1;/h1,3H,2H2;1H. The van der Waals surface area contributed by atoms with Crippen molar-refractivity contribution >= 4 is 25.0 Å². The molecule has 0 radical (unpaired) electrons. The molecule has 1 rings (SSSR count). The molecule has 1 aliphatic rings. The van der Waals surface area contributed by atoms with Crippen molar-refractivity contribution in [2.75, 3.05) is 6.54 Å². The first-order chi connectivity index (χ1) is 2.50. The largest absolute Gasteiger partial charge is 0.268 e. The number of hydrogen-bond donors (Lipinski definition) is 0. The number of nitrogens with zero attached hydrogens (tertiary/aromatic N) is 2. The lowest BCUT2D eigenvalue weighted by Gasteiger charge is -1.56. The molecular formula is C3H5ClN2. The van der Waals surface area contributed by atoms with Crippen LogP contribution in [0.5, 0.6) is 0 Å². The van der Waals surface area contributed by atoms with Crippen LogP contribution in [0.4, 0.5) is 0 Å². The van der Waals surface area contributed by atoms with E-state index in [0.29, 0.717) is 0 Å². The summed E-state index contributed by atoms with van der Waals surface area (Å²) in [6, 6.07) is 0. The minimum absolute atomic E-state index is 0. The summed E-state index contributed by atoms with van der Waals surface area (Å²) < 4.78 is 0. The van der Waals surface area contributed by atoms with Gasteiger partial charge in [-0.2, -0.15) is 0 Å². The minimum atomic E-state index is 0. The Morgan fingerprint density at radius 1 is 1.50 bits per heavy atom. The van der Waals surface area contributed by atoms with Gasteiger partial charge in [-0.25, -0.2) is 4.99 Å². The van der Waals surface area contributed by atoms with E-state index in [1.807, 2.05) is 0 Å². The molecule has 0 aromatic rings. The molecule has 0 aromatic carbocycles. The Morgan fingerprint density at radius 2 is 2.33 bits per heavy atom. The van der Waals surface area contributed by atoms with Crippen molar-refractivity contribution in [2.45, 2.75) is 0 Å². The summed E-state index contributed by atoms with van der Waals surface area (Å²) in [5.41, 5.74) is 0. The third-order valence-corrected chi connectivity index (χ3v) is 0.441. The van der Waals surface area contributed by atoms with Crippen LogP contribution in [-0.4, -0.2) is 19.1 Å². The predicted octanol–water partition coefficient (Wildman–Crippen LogP) is 0.521. The van der Waals surface area contributed by atoms with Gasteiger partial charge in [0.1, 0.15) is 6.34 Å². The van der Waals surface area contributed by atoms with Crippen molar-refractivity contribution in [3.63, 3.8) is 0 Å². The fourth-order valence-corrected chi connectivity index (χ4v) is 0.236. The summed E-state index contributed by atoms with van der Waals surface area (Å²) in [5, 5.41) is 0. The van der Waals surface area contributed by atoms with Crippen LogP contribution in [0.15, 0.2) is 9.98 Å². The Balaban J connectivity index is 0.000000250. The van der Waals surface area contributed by atoms with E-state index in [9.17, 15) is 0 Å². The molecule has 0 saturated carbocycles. The molecule has 1 aliphatic heterocycles. The van der Waals surface area contributed by atoms with Crippen molar-refractivity contribution in [3.05, 3.63) is 0 Å². The van der Waals surface area contributed by atoms with Crippen molar-refractivity contribution in [3.8, 4) is 0 Å². The molecule has 0 aromatic heterocycles. The molecule has 3 heteroatoms. The van der Waals surface area contributed by atoms with Crippen LogP contribution >= 0.6 is 12.4 Å². The fraction of sp³-hybridized carbons (Fsp3) is 0.333. The van der Waals surface area contributed by atoms with Gasteiger partial charge in [0.15, 0.2) is 0 Å². The first kappa shape index (κ1) is 5.63. The van der Waals surface area contributed by atoms with E-state index >= 15 is 0 Å². The zero-order valence-corrected chi connectivity index (χ0v) is 3.98. The summed E-state index contributed by atoms with van der Waals surface area (Å²) in [4.78, 5) is 7.40. The molecule has 0 amide bonds. The Morgan fingerprint density at radius 3 is 2.50 bits per heavy atom. The molecule has 0 spiro atoms. The second-order valence-electron chi connectivity index (χ2n) is 0.812.